The van der Waals surface area contributed by atoms with Gasteiger partial charge in [0.2, 0.25) is 0 Å². The number of aryl methyl sites for hydroxylation is 1. The highest BCUT2D eigenvalue weighted by molar-refractivity contribution is 5.40. The normalized spacial score (nSPS) is 13.0. The fourth-order valence-corrected chi connectivity index (χ4v) is 2.30. The van der Waals surface area contributed by atoms with Gasteiger partial charge in [0.05, 0.1) is 14.2 Å². The second-order valence-electron chi connectivity index (χ2n) is 6.79. The largest absolute Gasteiger partial charge is 0.497 e. The van der Waals surface area contributed by atoms with Crippen molar-refractivity contribution in [3.8, 4) is 11.5 Å². The molecule has 0 aliphatic heterocycles. The minimum atomic E-state index is 0.207. The van der Waals surface area contributed by atoms with Crippen molar-refractivity contribution in [3.05, 3.63) is 23.8 Å². The second-order valence-corrected chi connectivity index (χ2v) is 6.79. The maximum Gasteiger partial charge on any atom is 0.125 e. The zero-order valence-electron chi connectivity index (χ0n) is 14.5. The molecule has 21 heavy (non-hydrogen) atoms. The van der Waals surface area contributed by atoms with E-state index in [0.717, 1.165) is 24.5 Å². The van der Waals surface area contributed by atoms with E-state index < -0.39 is 0 Å². The summed E-state index contributed by atoms with van der Waals surface area (Å²) in [5.74, 6) is 2.47. The van der Waals surface area contributed by atoms with Crippen molar-refractivity contribution >= 4 is 0 Å². The van der Waals surface area contributed by atoms with Crippen molar-refractivity contribution < 1.29 is 9.47 Å². The van der Waals surface area contributed by atoms with E-state index in [1.54, 1.807) is 14.2 Å². The molecule has 120 valence electrons. The van der Waals surface area contributed by atoms with Crippen LogP contribution < -0.4 is 14.8 Å². The van der Waals surface area contributed by atoms with Crippen LogP contribution in [0.4, 0.5) is 0 Å². The summed E-state index contributed by atoms with van der Waals surface area (Å²) in [6.07, 6.45) is 3.42. The molecule has 1 N–H and O–H groups in total. The zero-order chi connectivity index (χ0) is 15.9. The smallest absolute Gasteiger partial charge is 0.125 e. The van der Waals surface area contributed by atoms with E-state index in [2.05, 4.69) is 39.1 Å². The van der Waals surface area contributed by atoms with Gasteiger partial charge in [-0.05, 0) is 64.1 Å². The Kier molecular flexibility index (Phi) is 7.03. The third-order valence-corrected chi connectivity index (χ3v) is 3.69. The number of ether oxygens (including phenoxy) is 2. The molecule has 0 radical (unpaired) electrons. The van der Waals surface area contributed by atoms with Gasteiger partial charge in [0.15, 0.2) is 0 Å². The van der Waals surface area contributed by atoms with Crippen molar-refractivity contribution in [1.82, 2.24) is 5.32 Å². The summed E-state index contributed by atoms with van der Waals surface area (Å²) in [7, 11) is 3.40. The molecule has 0 fully saturated rings. The molecule has 3 heteroatoms. The standard InChI is InChI=1S/C18H31NO2/c1-14(11-12-19-18(2,3)4)7-8-15-9-10-16(20-5)13-17(15)21-6/h9-10,13-14,19H,7-8,11-12H2,1-6H3. The van der Waals surface area contributed by atoms with Gasteiger partial charge >= 0.3 is 0 Å². The fraction of sp³-hybridized carbons (Fsp3) is 0.667. The predicted octanol–water partition coefficient (Wildman–Crippen LogP) is 4.05. The van der Waals surface area contributed by atoms with Crippen LogP contribution in [0.25, 0.3) is 0 Å². The third kappa shape index (κ3) is 6.85. The molecule has 0 saturated heterocycles. The molecule has 3 nitrogen and oxygen atoms in total. The Morgan fingerprint density at radius 2 is 1.81 bits per heavy atom. The van der Waals surface area contributed by atoms with Gasteiger partial charge in [-0.3, -0.25) is 0 Å². The molecule has 0 aliphatic carbocycles. The predicted molar refractivity (Wildman–Crippen MR) is 89.4 cm³/mol. The van der Waals surface area contributed by atoms with E-state index in [9.17, 15) is 0 Å². The van der Waals surface area contributed by atoms with Crippen LogP contribution in [-0.4, -0.2) is 26.3 Å². The minimum Gasteiger partial charge on any atom is -0.497 e. The van der Waals surface area contributed by atoms with E-state index in [0.29, 0.717) is 5.92 Å². The Bertz CT molecular complexity index is 424. The highest BCUT2D eigenvalue weighted by Gasteiger charge is 2.11. The van der Waals surface area contributed by atoms with Gasteiger partial charge in [0.1, 0.15) is 11.5 Å². The number of rotatable bonds is 8. The number of methoxy groups -OCH3 is 2. The summed E-state index contributed by atoms with van der Waals surface area (Å²) in [4.78, 5) is 0. The maximum atomic E-state index is 5.45. The first kappa shape index (κ1) is 17.8. The Hall–Kier alpha value is -1.22. The van der Waals surface area contributed by atoms with Gasteiger partial charge < -0.3 is 14.8 Å². The molecule has 0 saturated carbocycles. The van der Waals surface area contributed by atoms with Gasteiger partial charge in [-0.25, -0.2) is 0 Å². The Morgan fingerprint density at radius 3 is 2.38 bits per heavy atom. The fourth-order valence-electron chi connectivity index (χ4n) is 2.30. The summed E-state index contributed by atoms with van der Waals surface area (Å²) in [6, 6.07) is 6.07. The van der Waals surface area contributed by atoms with E-state index in [4.69, 9.17) is 9.47 Å². The van der Waals surface area contributed by atoms with Crippen molar-refractivity contribution in [2.75, 3.05) is 20.8 Å². The molecule has 0 amide bonds. The van der Waals surface area contributed by atoms with Crippen LogP contribution in [0.1, 0.15) is 46.1 Å². The average Bonchev–Trinajstić information content (AvgIpc) is 2.43. The van der Waals surface area contributed by atoms with Crippen LogP contribution in [0, 0.1) is 5.92 Å². The van der Waals surface area contributed by atoms with Crippen LogP contribution in [0.15, 0.2) is 18.2 Å². The van der Waals surface area contributed by atoms with Gasteiger partial charge in [-0.15, -0.1) is 0 Å². The van der Waals surface area contributed by atoms with Crippen LogP contribution in [-0.2, 0) is 6.42 Å². The van der Waals surface area contributed by atoms with Crippen LogP contribution in [0.2, 0.25) is 0 Å². The summed E-state index contributed by atoms with van der Waals surface area (Å²) >= 11 is 0. The molecule has 0 aliphatic rings. The molecule has 0 bridgehead atoms. The van der Waals surface area contributed by atoms with Gasteiger partial charge in [0, 0.05) is 11.6 Å². The summed E-state index contributed by atoms with van der Waals surface area (Å²) in [5, 5.41) is 3.55. The Morgan fingerprint density at radius 1 is 1.10 bits per heavy atom. The van der Waals surface area contributed by atoms with E-state index in [-0.39, 0.29) is 5.54 Å². The lowest BCUT2D eigenvalue weighted by Gasteiger charge is -2.22. The Labute approximate surface area is 130 Å². The number of benzene rings is 1. The lowest BCUT2D eigenvalue weighted by Crippen LogP contribution is -2.36. The molecule has 0 spiro atoms. The molecular formula is C18H31NO2. The molecule has 1 unspecified atom stereocenters. The van der Waals surface area contributed by atoms with Gasteiger partial charge in [-0.2, -0.15) is 0 Å². The van der Waals surface area contributed by atoms with Crippen LogP contribution in [0.3, 0.4) is 0 Å². The highest BCUT2D eigenvalue weighted by atomic mass is 16.5. The van der Waals surface area contributed by atoms with Crippen molar-refractivity contribution in [2.45, 2.75) is 52.5 Å². The van der Waals surface area contributed by atoms with Crippen molar-refractivity contribution in [1.29, 1.82) is 0 Å². The number of hydrogen-bond acceptors (Lipinski definition) is 3. The minimum absolute atomic E-state index is 0.207. The monoisotopic (exact) mass is 293 g/mol. The molecule has 0 heterocycles. The molecule has 1 aromatic rings. The number of nitrogens with one attached hydrogen (secondary N) is 1. The molecule has 0 aromatic heterocycles. The SMILES string of the molecule is COc1ccc(CCC(C)CCNC(C)(C)C)c(OC)c1. The lowest BCUT2D eigenvalue weighted by atomic mass is 9.97. The van der Waals surface area contributed by atoms with Gasteiger partial charge in [0.25, 0.3) is 0 Å². The van der Waals surface area contributed by atoms with E-state index in [1.165, 1.54) is 18.4 Å². The summed E-state index contributed by atoms with van der Waals surface area (Å²) in [6.45, 7) is 10.0. The topological polar surface area (TPSA) is 30.5 Å². The molecule has 1 rings (SSSR count). The first-order valence-corrected chi connectivity index (χ1v) is 7.81. The molecule has 1 aromatic carbocycles. The van der Waals surface area contributed by atoms with Crippen LogP contribution in [0.5, 0.6) is 11.5 Å². The van der Waals surface area contributed by atoms with Gasteiger partial charge in [-0.1, -0.05) is 13.0 Å². The number of hydrogen-bond donors (Lipinski definition) is 1. The first-order chi connectivity index (χ1) is 9.85. The first-order valence-electron chi connectivity index (χ1n) is 7.81. The second kappa shape index (κ2) is 8.28. The quantitative estimate of drug-likeness (QED) is 0.784. The van der Waals surface area contributed by atoms with Crippen molar-refractivity contribution in [2.24, 2.45) is 5.92 Å². The molecule has 1 atom stereocenters. The maximum absolute atomic E-state index is 5.45. The van der Waals surface area contributed by atoms with E-state index >= 15 is 0 Å². The zero-order valence-corrected chi connectivity index (χ0v) is 14.5. The van der Waals surface area contributed by atoms with E-state index in [1.807, 2.05) is 12.1 Å². The average molecular weight is 293 g/mol. The lowest BCUT2D eigenvalue weighted by molar-refractivity contribution is 0.379. The van der Waals surface area contributed by atoms with Crippen molar-refractivity contribution in [3.63, 3.8) is 0 Å². The molecular weight excluding hydrogens is 262 g/mol. The highest BCUT2D eigenvalue weighted by Crippen LogP contribution is 2.26. The Balaban J connectivity index is 2.44. The third-order valence-electron chi connectivity index (χ3n) is 3.69. The summed E-state index contributed by atoms with van der Waals surface area (Å²) < 4.78 is 10.7. The van der Waals surface area contributed by atoms with Crippen LogP contribution >= 0.6 is 0 Å². The summed E-state index contributed by atoms with van der Waals surface area (Å²) in [5.41, 5.74) is 1.47.